The lowest BCUT2D eigenvalue weighted by atomic mass is 9.79. The van der Waals surface area contributed by atoms with E-state index >= 15 is 0 Å². The molecule has 0 radical (unpaired) electrons. The summed E-state index contributed by atoms with van der Waals surface area (Å²) in [6, 6.07) is 5.00. The smallest absolute Gasteiger partial charge is 0.161 e. The molecular formula is C15H23NO3. The summed E-state index contributed by atoms with van der Waals surface area (Å²) in [6.07, 6.45) is 4.72. The van der Waals surface area contributed by atoms with Gasteiger partial charge >= 0.3 is 0 Å². The summed E-state index contributed by atoms with van der Waals surface area (Å²) in [5, 5.41) is 31.8. The van der Waals surface area contributed by atoms with Gasteiger partial charge in [-0.15, -0.1) is 0 Å². The van der Waals surface area contributed by atoms with E-state index in [2.05, 4.69) is 5.32 Å². The number of hydrogen-bond donors (Lipinski definition) is 4. The summed E-state index contributed by atoms with van der Waals surface area (Å²) in [4.78, 5) is 0. The van der Waals surface area contributed by atoms with Crippen LogP contribution >= 0.6 is 0 Å². The summed E-state index contributed by atoms with van der Waals surface area (Å²) < 4.78 is 0. The van der Waals surface area contributed by atoms with Crippen molar-refractivity contribution in [1.29, 1.82) is 0 Å². The van der Waals surface area contributed by atoms with Crippen LogP contribution in [0.15, 0.2) is 18.2 Å². The van der Waals surface area contributed by atoms with Gasteiger partial charge in [-0.1, -0.05) is 25.0 Å². The summed E-state index contributed by atoms with van der Waals surface area (Å²) in [5.41, 5.74) is 0.705. The molecule has 1 aromatic rings. The molecule has 2 unspecified atom stereocenters. The minimum Gasteiger partial charge on any atom is -0.504 e. The number of phenolic OH excluding ortho intramolecular Hbond substituents is 2. The molecule has 2 atom stereocenters. The quantitative estimate of drug-likeness (QED) is 0.614. The molecule has 4 heteroatoms. The first kappa shape index (κ1) is 14.2. The average molecular weight is 265 g/mol. The van der Waals surface area contributed by atoms with Crippen LogP contribution in [0.25, 0.3) is 0 Å². The second kappa shape index (κ2) is 6.78. The molecule has 1 aliphatic rings. The van der Waals surface area contributed by atoms with E-state index in [-0.39, 0.29) is 18.1 Å². The molecule has 106 valence electrons. The van der Waals surface area contributed by atoms with Crippen LogP contribution in [0.1, 0.15) is 31.2 Å². The Morgan fingerprint density at radius 2 is 1.84 bits per heavy atom. The van der Waals surface area contributed by atoms with Gasteiger partial charge in [-0.3, -0.25) is 0 Å². The van der Waals surface area contributed by atoms with E-state index in [4.69, 9.17) is 0 Å². The number of hydrogen-bond acceptors (Lipinski definition) is 4. The first-order valence-electron chi connectivity index (χ1n) is 7.03. The summed E-state index contributed by atoms with van der Waals surface area (Å²) in [5.74, 6) is 0.791. The highest BCUT2D eigenvalue weighted by molar-refractivity contribution is 5.44. The molecule has 4 N–H and O–H groups in total. The lowest BCUT2D eigenvalue weighted by Crippen LogP contribution is -2.32. The molecule has 0 bridgehead atoms. The number of rotatable bonds is 5. The Labute approximate surface area is 114 Å². The zero-order chi connectivity index (χ0) is 13.7. The van der Waals surface area contributed by atoms with Crippen molar-refractivity contribution in [3.05, 3.63) is 23.8 Å². The molecule has 2 rings (SSSR count). The molecule has 1 fully saturated rings. The molecular weight excluding hydrogens is 242 g/mol. The van der Waals surface area contributed by atoms with Crippen LogP contribution in [0.5, 0.6) is 11.5 Å². The van der Waals surface area contributed by atoms with Crippen molar-refractivity contribution in [2.45, 2.75) is 32.2 Å². The van der Waals surface area contributed by atoms with Gasteiger partial charge in [-0.2, -0.15) is 0 Å². The summed E-state index contributed by atoms with van der Waals surface area (Å²) in [6.45, 7) is 1.65. The van der Waals surface area contributed by atoms with Crippen LogP contribution in [-0.2, 0) is 6.54 Å². The third kappa shape index (κ3) is 3.61. The molecule has 0 aliphatic heterocycles. The van der Waals surface area contributed by atoms with Crippen molar-refractivity contribution in [3.8, 4) is 11.5 Å². The lowest BCUT2D eigenvalue weighted by Gasteiger charge is -2.30. The highest BCUT2D eigenvalue weighted by Crippen LogP contribution is 2.30. The molecule has 0 amide bonds. The Morgan fingerprint density at radius 3 is 2.58 bits per heavy atom. The van der Waals surface area contributed by atoms with Crippen molar-refractivity contribution >= 4 is 0 Å². The number of aromatic hydroxyl groups is 2. The van der Waals surface area contributed by atoms with E-state index in [1.165, 1.54) is 18.9 Å². The summed E-state index contributed by atoms with van der Waals surface area (Å²) in [7, 11) is 0. The van der Waals surface area contributed by atoms with Gasteiger partial charge < -0.3 is 20.6 Å². The largest absolute Gasteiger partial charge is 0.504 e. The highest BCUT2D eigenvalue weighted by atomic mass is 16.3. The van der Waals surface area contributed by atoms with Gasteiger partial charge in [0.25, 0.3) is 0 Å². The fourth-order valence-electron chi connectivity index (χ4n) is 2.91. The van der Waals surface area contributed by atoms with E-state index in [0.29, 0.717) is 23.9 Å². The molecule has 0 saturated heterocycles. The zero-order valence-corrected chi connectivity index (χ0v) is 11.2. The molecule has 1 saturated carbocycles. The Hall–Kier alpha value is -1.26. The van der Waals surface area contributed by atoms with Crippen LogP contribution in [0.2, 0.25) is 0 Å². The van der Waals surface area contributed by atoms with Crippen molar-refractivity contribution in [1.82, 2.24) is 5.32 Å². The lowest BCUT2D eigenvalue weighted by molar-refractivity contribution is 0.133. The zero-order valence-electron chi connectivity index (χ0n) is 11.2. The summed E-state index contributed by atoms with van der Waals surface area (Å²) >= 11 is 0. The third-order valence-electron chi connectivity index (χ3n) is 4.12. The minimum atomic E-state index is -0.0785. The Morgan fingerprint density at radius 1 is 1.11 bits per heavy atom. The molecule has 0 heterocycles. The topological polar surface area (TPSA) is 72.7 Å². The van der Waals surface area contributed by atoms with Crippen molar-refractivity contribution < 1.29 is 15.3 Å². The standard InChI is InChI=1S/C15H23NO3/c17-10-13-5-2-1-4-11(13)8-16-9-12-6-3-7-14(18)15(12)19/h3,6-7,11,13,16-19H,1-2,4-5,8-10H2. The molecule has 4 nitrogen and oxygen atoms in total. The van der Waals surface area contributed by atoms with Crippen LogP contribution in [0.3, 0.4) is 0 Å². The predicted octanol–water partition coefficient (Wildman–Crippen LogP) is 1.99. The van der Waals surface area contributed by atoms with Gasteiger partial charge in [0.15, 0.2) is 11.5 Å². The molecule has 1 aromatic carbocycles. The Kier molecular flexibility index (Phi) is 5.05. The number of benzene rings is 1. The third-order valence-corrected chi connectivity index (χ3v) is 4.12. The van der Waals surface area contributed by atoms with E-state index in [0.717, 1.165) is 19.4 Å². The van der Waals surface area contributed by atoms with Crippen LogP contribution < -0.4 is 5.32 Å². The number of aliphatic hydroxyl groups is 1. The fourth-order valence-corrected chi connectivity index (χ4v) is 2.91. The molecule has 0 aromatic heterocycles. The minimum absolute atomic E-state index is 0.0441. The van der Waals surface area contributed by atoms with Gasteiger partial charge in [-0.25, -0.2) is 0 Å². The van der Waals surface area contributed by atoms with E-state index < -0.39 is 0 Å². The van der Waals surface area contributed by atoms with E-state index in [9.17, 15) is 15.3 Å². The maximum absolute atomic E-state index is 9.70. The number of phenols is 2. The van der Waals surface area contributed by atoms with Gasteiger partial charge in [0.1, 0.15) is 0 Å². The molecule has 1 aliphatic carbocycles. The normalized spacial score (nSPS) is 23.4. The van der Waals surface area contributed by atoms with E-state index in [1.54, 1.807) is 12.1 Å². The van der Waals surface area contributed by atoms with Crippen molar-refractivity contribution in [2.75, 3.05) is 13.2 Å². The number of para-hydroxylation sites is 1. The Balaban J connectivity index is 1.84. The molecule has 19 heavy (non-hydrogen) atoms. The fraction of sp³-hybridized carbons (Fsp3) is 0.600. The van der Waals surface area contributed by atoms with Crippen LogP contribution in [0.4, 0.5) is 0 Å². The van der Waals surface area contributed by atoms with Crippen LogP contribution in [-0.4, -0.2) is 28.5 Å². The highest BCUT2D eigenvalue weighted by Gasteiger charge is 2.23. The second-order valence-corrected chi connectivity index (χ2v) is 5.40. The second-order valence-electron chi connectivity index (χ2n) is 5.40. The predicted molar refractivity (Wildman–Crippen MR) is 74.0 cm³/mol. The SMILES string of the molecule is OCC1CCCCC1CNCc1cccc(O)c1O. The average Bonchev–Trinajstić information content (AvgIpc) is 2.44. The van der Waals surface area contributed by atoms with Crippen LogP contribution in [0, 0.1) is 11.8 Å². The number of aliphatic hydroxyl groups excluding tert-OH is 1. The maximum Gasteiger partial charge on any atom is 0.161 e. The first-order chi connectivity index (χ1) is 9.22. The number of nitrogens with one attached hydrogen (secondary N) is 1. The monoisotopic (exact) mass is 265 g/mol. The maximum atomic E-state index is 9.70. The van der Waals surface area contributed by atoms with Gasteiger partial charge in [0.05, 0.1) is 0 Å². The van der Waals surface area contributed by atoms with E-state index in [1.807, 2.05) is 0 Å². The molecule has 0 spiro atoms. The Bertz CT molecular complexity index is 408. The van der Waals surface area contributed by atoms with Gasteiger partial charge in [0, 0.05) is 18.7 Å². The van der Waals surface area contributed by atoms with Gasteiger partial charge in [-0.05, 0) is 37.3 Å². The first-order valence-corrected chi connectivity index (χ1v) is 7.03. The van der Waals surface area contributed by atoms with Crippen molar-refractivity contribution in [3.63, 3.8) is 0 Å². The van der Waals surface area contributed by atoms with Gasteiger partial charge in [0.2, 0.25) is 0 Å². The van der Waals surface area contributed by atoms with Crippen molar-refractivity contribution in [2.24, 2.45) is 11.8 Å².